The van der Waals surface area contributed by atoms with Gasteiger partial charge in [-0.25, -0.2) is 9.98 Å². The van der Waals surface area contributed by atoms with Crippen LogP contribution >= 0.6 is 24.0 Å². The zero-order chi connectivity index (χ0) is 21.3. The lowest BCUT2D eigenvalue weighted by Crippen LogP contribution is -2.44. The number of nitrogens with one attached hydrogen (secondary N) is 1. The van der Waals surface area contributed by atoms with Crippen LogP contribution in [0.4, 0.5) is 5.82 Å². The lowest BCUT2D eigenvalue weighted by atomic mass is 10.1. The minimum absolute atomic E-state index is 0. The molecule has 31 heavy (non-hydrogen) atoms. The molecule has 1 saturated heterocycles. The summed E-state index contributed by atoms with van der Waals surface area (Å²) in [5, 5.41) is 3.17. The van der Waals surface area contributed by atoms with E-state index in [0.717, 1.165) is 61.0 Å². The molecule has 0 atom stereocenters. The van der Waals surface area contributed by atoms with Crippen LogP contribution in [-0.4, -0.2) is 69.8 Å². The number of hydrogen-bond donors (Lipinski definition) is 2. The number of nitrogens with two attached hydrogens (primary N) is 1. The molecule has 3 rings (SSSR count). The van der Waals surface area contributed by atoms with Crippen molar-refractivity contribution in [2.24, 2.45) is 10.7 Å². The second-order valence-corrected chi connectivity index (χ2v) is 7.38. The summed E-state index contributed by atoms with van der Waals surface area (Å²) in [6, 6.07) is 10.00. The van der Waals surface area contributed by atoms with Gasteiger partial charge in [-0.15, -0.1) is 24.0 Å². The molecule has 1 aromatic carbocycles. The maximum atomic E-state index is 6.05. The molecular weight excluding hydrogens is 507 g/mol. The lowest BCUT2D eigenvalue weighted by Gasteiger charge is -2.33. The number of ether oxygens (including phenoxy) is 2. The van der Waals surface area contributed by atoms with Gasteiger partial charge in [0.2, 0.25) is 0 Å². The number of rotatable bonds is 8. The monoisotopic (exact) mass is 540 g/mol. The van der Waals surface area contributed by atoms with Crippen molar-refractivity contribution in [2.45, 2.75) is 13.0 Å². The molecular formula is C22H33IN6O2. The van der Waals surface area contributed by atoms with Gasteiger partial charge >= 0.3 is 0 Å². The average Bonchev–Trinajstić information content (AvgIpc) is 2.78. The van der Waals surface area contributed by atoms with Gasteiger partial charge in [-0.1, -0.05) is 6.07 Å². The summed E-state index contributed by atoms with van der Waals surface area (Å²) in [5.74, 6) is 2.90. The highest BCUT2D eigenvalue weighted by Crippen LogP contribution is 2.27. The van der Waals surface area contributed by atoms with E-state index in [2.05, 4.69) is 38.2 Å². The van der Waals surface area contributed by atoms with E-state index >= 15 is 0 Å². The van der Waals surface area contributed by atoms with Crippen LogP contribution in [-0.2, 0) is 13.0 Å². The molecule has 1 aromatic heterocycles. The molecule has 0 bridgehead atoms. The van der Waals surface area contributed by atoms with Gasteiger partial charge in [0.1, 0.15) is 5.82 Å². The molecule has 0 aliphatic carbocycles. The van der Waals surface area contributed by atoms with Crippen molar-refractivity contribution in [3.05, 3.63) is 47.7 Å². The third-order valence-corrected chi connectivity index (χ3v) is 5.24. The number of likely N-dealkylation sites (N-methyl/N-ethyl adjacent to an activating group) is 1. The number of halogens is 1. The number of methoxy groups -OCH3 is 2. The first-order valence-corrected chi connectivity index (χ1v) is 10.2. The Morgan fingerprint density at radius 3 is 2.52 bits per heavy atom. The molecule has 0 spiro atoms. The van der Waals surface area contributed by atoms with Crippen molar-refractivity contribution in [1.29, 1.82) is 0 Å². The minimum atomic E-state index is 0. The molecule has 1 aliphatic rings. The third kappa shape index (κ3) is 7.42. The van der Waals surface area contributed by atoms with E-state index in [1.54, 1.807) is 14.2 Å². The number of hydrogen-bond acceptors (Lipinski definition) is 6. The highest BCUT2D eigenvalue weighted by molar-refractivity contribution is 14.0. The maximum Gasteiger partial charge on any atom is 0.188 e. The number of piperazine rings is 1. The molecule has 170 valence electrons. The largest absolute Gasteiger partial charge is 0.493 e. The number of pyridine rings is 1. The summed E-state index contributed by atoms with van der Waals surface area (Å²) in [7, 11) is 5.42. The van der Waals surface area contributed by atoms with Crippen molar-refractivity contribution in [3.63, 3.8) is 0 Å². The normalized spacial score (nSPS) is 14.7. The Morgan fingerprint density at radius 2 is 1.81 bits per heavy atom. The fourth-order valence-electron chi connectivity index (χ4n) is 3.37. The Kier molecular flexibility index (Phi) is 10.1. The molecule has 8 nitrogen and oxygen atoms in total. The first-order chi connectivity index (χ1) is 14.6. The highest BCUT2D eigenvalue weighted by atomic mass is 127. The molecule has 0 amide bonds. The molecule has 1 fully saturated rings. The molecule has 9 heteroatoms. The van der Waals surface area contributed by atoms with E-state index in [-0.39, 0.29) is 24.0 Å². The molecule has 0 saturated carbocycles. The van der Waals surface area contributed by atoms with Gasteiger partial charge in [-0.2, -0.15) is 0 Å². The Bertz CT molecular complexity index is 856. The van der Waals surface area contributed by atoms with E-state index in [9.17, 15) is 0 Å². The standard InChI is InChI=1S/C22H32N6O2.HI/c1-27-10-12-28(13-11-27)21-15-18(7-8-24-21)16-26-22(23)25-9-6-17-4-5-19(29-2)20(14-17)30-3;/h4-5,7-8,14-15H,6,9-13,16H2,1-3H3,(H3,23,25,26);1H. The number of guanidine groups is 1. The van der Waals surface area contributed by atoms with E-state index in [0.29, 0.717) is 19.0 Å². The molecule has 2 heterocycles. The predicted octanol–water partition coefficient (Wildman–Crippen LogP) is 2.12. The van der Waals surface area contributed by atoms with Crippen LogP contribution in [0.15, 0.2) is 41.5 Å². The van der Waals surface area contributed by atoms with Gasteiger partial charge in [0.15, 0.2) is 17.5 Å². The van der Waals surface area contributed by atoms with Crippen LogP contribution in [0.2, 0.25) is 0 Å². The van der Waals surface area contributed by atoms with Crippen molar-refractivity contribution < 1.29 is 9.47 Å². The van der Waals surface area contributed by atoms with Gasteiger partial charge in [0, 0.05) is 38.9 Å². The van der Waals surface area contributed by atoms with E-state index in [4.69, 9.17) is 15.2 Å². The van der Waals surface area contributed by atoms with Crippen LogP contribution in [0.3, 0.4) is 0 Å². The molecule has 1 aliphatic heterocycles. The highest BCUT2D eigenvalue weighted by Gasteiger charge is 2.15. The van der Waals surface area contributed by atoms with Crippen molar-refractivity contribution >= 4 is 35.8 Å². The number of nitrogens with zero attached hydrogens (tertiary/aromatic N) is 4. The zero-order valence-corrected chi connectivity index (χ0v) is 20.8. The van der Waals surface area contributed by atoms with Crippen molar-refractivity contribution in [1.82, 2.24) is 15.2 Å². The minimum Gasteiger partial charge on any atom is -0.493 e. The number of aliphatic imine (C=N–C) groups is 1. The second kappa shape index (κ2) is 12.6. The summed E-state index contributed by atoms with van der Waals surface area (Å²) >= 11 is 0. The Balaban J connectivity index is 0.00000341. The van der Waals surface area contributed by atoms with E-state index in [1.165, 1.54) is 0 Å². The number of benzene rings is 1. The first kappa shape index (κ1) is 25.0. The summed E-state index contributed by atoms with van der Waals surface area (Å²) in [6.45, 7) is 5.32. The average molecular weight is 540 g/mol. The zero-order valence-electron chi connectivity index (χ0n) is 18.5. The number of anilines is 1. The predicted molar refractivity (Wildman–Crippen MR) is 136 cm³/mol. The van der Waals surface area contributed by atoms with Crippen LogP contribution in [0, 0.1) is 0 Å². The summed E-state index contributed by atoms with van der Waals surface area (Å²) in [5.41, 5.74) is 8.28. The quantitative estimate of drug-likeness (QED) is 0.301. The van der Waals surface area contributed by atoms with Crippen LogP contribution in [0.5, 0.6) is 11.5 Å². The SMILES string of the molecule is COc1ccc(CCNC(N)=NCc2ccnc(N3CCN(C)CC3)c2)cc1OC.I. The van der Waals surface area contributed by atoms with Gasteiger partial charge in [0.05, 0.1) is 20.8 Å². The van der Waals surface area contributed by atoms with Gasteiger partial charge in [-0.05, 0) is 48.9 Å². The fourth-order valence-corrected chi connectivity index (χ4v) is 3.37. The Morgan fingerprint density at radius 1 is 1.06 bits per heavy atom. The van der Waals surface area contributed by atoms with E-state index < -0.39 is 0 Å². The maximum absolute atomic E-state index is 6.05. The fraction of sp³-hybridized carbons (Fsp3) is 0.455. The van der Waals surface area contributed by atoms with Crippen LogP contribution in [0.25, 0.3) is 0 Å². The topological polar surface area (TPSA) is 88.2 Å². The van der Waals surface area contributed by atoms with Gasteiger partial charge in [0.25, 0.3) is 0 Å². The van der Waals surface area contributed by atoms with Crippen LogP contribution < -0.4 is 25.4 Å². The molecule has 3 N–H and O–H groups in total. The molecule has 0 unspecified atom stereocenters. The number of aromatic nitrogens is 1. The third-order valence-electron chi connectivity index (χ3n) is 5.24. The van der Waals surface area contributed by atoms with Crippen molar-refractivity contribution in [3.8, 4) is 11.5 Å². The summed E-state index contributed by atoms with van der Waals surface area (Å²) < 4.78 is 10.6. The summed E-state index contributed by atoms with van der Waals surface area (Å²) in [4.78, 5) is 13.6. The Labute approximate surface area is 201 Å². The van der Waals surface area contributed by atoms with E-state index in [1.807, 2.05) is 30.5 Å². The Hall–Kier alpha value is -2.27. The van der Waals surface area contributed by atoms with Gasteiger partial charge in [-0.3, -0.25) is 0 Å². The summed E-state index contributed by atoms with van der Waals surface area (Å²) in [6.07, 6.45) is 2.65. The lowest BCUT2D eigenvalue weighted by molar-refractivity contribution is 0.312. The molecule has 2 aromatic rings. The van der Waals surface area contributed by atoms with Crippen molar-refractivity contribution in [2.75, 3.05) is 58.9 Å². The van der Waals surface area contributed by atoms with Gasteiger partial charge < -0.3 is 30.3 Å². The molecule has 0 radical (unpaired) electrons. The first-order valence-electron chi connectivity index (χ1n) is 10.2. The second-order valence-electron chi connectivity index (χ2n) is 7.38. The van der Waals surface area contributed by atoms with Crippen LogP contribution in [0.1, 0.15) is 11.1 Å². The smallest absolute Gasteiger partial charge is 0.188 e.